The predicted molar refractivity (Wildman–Crippen MR) is 121 cm³/mol. The van der Waals surface area contributed by atoms with Gasteiger partial charge in [-0.2, -0.15) is 0 Å². The molecule has 0 bridgehead atoms. The summed E-state index contributed by atoms with van der Waals surface area (Å²) in [6.45, 7) is 16.1. The molecule has 6 nitrogen and oxygen atoms in total. The number of carbonyl (C=O) groups is 1. The van der Waals surface area contributed by atoms with Crippen molar-refractivity contribution < 1.29 is 9.69 Å². The topological polar surface area (TPSA) is 68.4 Å². The zero-order valence-corrected chi connectivity index (χ0v) is 19.5. The first-order chi connectivity index (χ1) is 13.5. The highest BCUT2D eigenvalue weighted by atomic mass is 32.2. The number of para-hydroxylation sites is 1. The van der Waals surface area contributed by atoms with E-state index in [0.717, 1.165) is 6.54 Å². The number of quaternary nitrogens is 1. The number of nitrogens with one attached hydrogen (secondary N) is 2. The molecular weight excluding hydrogens is 384 g/mol. The van der Waals surface area contributed by atoms with Crippen LogP contribution in [0.15, 0.2) is 34.2 Å². The van der Waals surface area contributed by atoms with Gasteiger partial charge in [0.2, 0.25) is 5.91 Å². The lowest BCUT2D eigenvalue weighted by Crippen LogP contribution is -3.18. The van der Waals surface area contributed by atoms with E-state index in [1.54, 1.807) is 4.57 Å². The fourth-order valence-corrected chi connectivity index (χ4v) is 4.35. The van der Waals surface area contributed by atoms with Gasteiger partial charge in [0, 0.05) is 5.54 Å². The lowest BCUT2D eigenvalue weighted by Gasteiger charge is -2.28. The van der Waals surface area contributed by atoms with Crippen molar-refractivity contribution in [3.05, 3.63) is 34.6 Å². The minimum Gasteiger partial charge on any atom is -0.351 e. The van der Waals surface area contributed by atoms with Gasteiger partial charge in [0.15, 0.2) is 5.16 Å². The molecule has 0 saturated carbocycles. The summed E-state index contributed by atoms with van der Waals surface area (Å²) in [6, 6.07) is 8.33. The number of carbonyl (C=O) groups excluding carboxylic acids is 1. The van der Waals surface area contributed by atoms with Crippen LogP contribution in [0.3, 0.4) is 0 Å². The summed E-state index contributed by atoms with van der Waals surface area (Å²) in [5, 5.41) is 4.18. The maximum absolute atomic E-state index is 13.2. The third-order valence-corrected chi connectivity index (χ3v) is 5.76. The number of benzene rings is 1. The van der Waals surface area contributed by atoms with Crippen molar-refractivity contribution in [3.8, 4) is 0 Å². The number of fused-ring (bicyclic) bond motifs is 1. The highest BCUT2D eigenvalue weighted by molar-refractivity contribution is 7.99. The number of hydrogen-bond acceptors (Lipinski definition) is 4. The molecule has 0 aliphatic rings. The van der Waals surface area contributed by atoms with Crippen molar-refractivity contribution in [2.24, 2.45) is 0 Å². The Morgan fingerprint density at radius 2 is 1.79 bits per heavy atom. The third-order valence-electron chi connectivity index (χ3n) is 4.78. The molecule has 0 atom stereocenters. The van der Waals surface area contributed by atoms with Gasteiger partial charge in [-0.3, -0.25) is 14.2 Å². The highest BCUT2D eigenvalue weighted by Crippen LogP contribution is 2.18. The maximum atomic E-state index is 13.2. The largest absolute Gasteiger partial charge is 0.351 e. The van der Waals surface area contributed by atoms with E-state index in [2.05, 4.69) is 33.0 Å². The first-order valence-electron chi connectivity index (χ1n) is 10.3. The third kappa shape index (κ3) is 6.57. The number of nitrogens with zero attached hydrogens (tertiary/aromatic N) is 2. The Balaban J connectivity index is 2.33. The summed E-state index contributed by atoms with van der Waals surface area (Å²) in [6.07, 6.45) is 0. The average molecular weight is 420 g/mol. The molecule has 0 saturated heterocycles. The van der Waals surface area contributed by atoms with Crippen molar-refractivity contribution in [1.29, 1.82) is 0 Å². The zero-order valence-electron chi connectivity index (χ0n) is 18.7. The van der Waals surface area contributed by atoms with E-state index in [9.17, 15) is 9.59 Å². The monoisotopic (exact) mass is 419 g/mol. The molecule has 0 unspecified atom stereocenters. The number of rotatable bonds is 8. The molecule has 1 heterocycles. The molecule has 0 aliphatic heterocycles. The molecule has 7 heteroatoms. The van der Waals surface area contributed by atoms with Crippen LogP contribution in [0.2, 0.25) is 0 Å². The van der Waals surface area contributed by atoms with Gasteiger partial charge in [-0.25, -0.2) is 4.98 Å². The van der Waals surface area contributed by atoms with E-state index >= 15 is 0 Å². The summed E-state index contributed by atoms with van der Waals surface area (Å²) in [7, 11) is 0. The van der Waals surface area contributed by atoms with E-state index in [4.69, 9.17) is 4.98 Å². The molecule has 1 aromatic heterocycles. The van der Waals surface area contributed by atoms with Gasteiger partial charge in [-0.05, 0) is 60.6 Å². The van der Waals surface area contributed by atoms with Crippen molar-refractivity contribution in [1.82, 2.24) is 14.9 Å². The van der Waals surface area contributed by atoms with Crippen LogP contribution in [0.25, 0.3) is 10.9 Å². The standard InChI is InChI=1S/C22H34N4O2S/c1-15(2)25(16(3)4)12-13-26-20(28)17-10-8-9-11-18(17)23-21(26)29-14-19(27)24-22(5,6)7/h8-11,15-16H,12-14H2,1-7H3,(H,24,27)/p+1. The second-order valence-electron chi connectivity index (χ2n) is 9.09. The van der Waals surface area contributed by atoms with Gasteiger partial charge in [0.1, 0.15) is 0 Å². The van der Waals surface area contributed by atoms with Crippen LogP contribution in [0.4, 0.5) is 0 Å². The Hall–Kier alpha value is -1.86. The van der Waals surface area contributed by atoms with Crippen LogP contribution in [0, 0.1) is 0 Å². The van der Waals surface area contributed by atoms with Gasteiger partial charge in [-0.1, -0.05) is 23.9 Å². The number of thioether (sulfide) groups is 1. The van der Waals surface area contributed by atoms with Crippen molar-refractivity contribution >= 4 is 28.6 Å². The molecule has 0 aliphatic carbocycles. The van der Waals surface area contributed by atoms with Gasteiger partial charge < -0.3 is 10.2 Å². The van der Waals surface area contributed by atoms with Crippen molar-refractivity contribution in [2.45, 2.75) is 77.8 Å². The fourth-order valence-electron chi connectivity index (χ4n) is 3.52. The predicted octanol–water partition coefficient (Wildman–Crippen LogP) is 2.10. The smallest absolute Gasteiger partial charge is 0.262 e. The molecule has 2 aromatic rings. The lowest BCUT2D eigenvalue weighted by molar-refractivity contribution is -0.942. The minimum atomic E-state index is -0.285. The van der Waals surface area contributed by atoms with Crippen LogP contribution >= 0.6 is 11.8 Å². The normalized spacial score (nSPS) is 12.3. The van der Waals surface area contributed by atoms with E-state index in [0.29, 0.717) is 34.7 Å². The number of amides is 1. The molecule has 0 radical (unpaired) electrons. The first kappa shape index (κ1) is 23.4. The Kier molecular flexibility index (Phi) is 7.88. The molecule has 2 N–H and O–H groups in total. The Morgan fingerprint density at radius 3 is 2.38 bits per heavy atom. The van der Waals surface area contributed by atoms with Crippen LogP contribution in [0.5, 0.6) is 0 Å². The summed E-state index contributed by atoms with van der Waals surface area (Å²) in [5.41, 5.74) is 0.345. The minimum absolute atomic E-state index is 0.0406. The summed E-state index contributed by atoms with van der Waals surface area (Å²) >= 11 is 1.32. The summed E-state index contributed by atoms with van der Waals surface area (Å²) < 4.78 is 1.74. The average Bonchev–Trinajstić information content (AvgIpc) is 2.60. The molecule has 29 heavy (non-hydrogen) atoms. The van der Waals surface area contributed by atoms with E-state index in [-0.39, 0.29) is 22.8 Å². The van der Waals surface area contributed by atoms with Gasteiger partial charge in [-0.15, -0.1) is 0 Å². The van der Waals surface area contributed by atoms with E-state index < -0.39 is 0 Å². The molecule has 160 valence electrons. The van der Waals surface area contributed by atoms with Gasteiger partial charge >= 0.3 is 0 Å². The molecular formula is C22H35N4O2S+. The summed E-state index contributed by atoms with van der Waals surface area (Å²) in [5.74, 6) is 0.167. The highest BCUT2D eigenvalue weighted by Gasteiger charge is 2.20. The number of aromatic nitrogens is 2. The molecule has 0 spiro atoms. The number of hydrogen-bond donors (Lipinski definition) is 2. The maximum Gasteiger partial charge on any atom is 0.262 e. The summed E-state index contributed by atoms with van der Waals surface area (Å²) in [4.78, 5) is 31.6. The second-order valence-corrected chi connectivity index (χ2v) is 10.0. The van der Waals surface area contributed by atoms with Crippen molar-refractivity contribution in [2.75, 3.05) is 12.3 Å². The van der Waals surface area contributed by atoms with Crippen molar-refractivity contribution in [3.63, 3.8) is 0 Å². The van der Waals surface area contributed by atoms with E-state index in [1.807, 2.05) is 45.0 Å². The van der Waals surface area contributed by atoms with Gasteiger partial charge in [0.25, 0.3) is 5.56 Å². The zero-order chi connectivity index (χ0) is 21.8. The Labute approximate surface area is 178 Å². The van der Waals surface area contributed by atoms with Crippen LogP contribution in [0.1, 0.15) is 48.5 Å². The molecule has 1 aromatic carbocycles. The van der Waals surface area contributed by atoms with Gasteiger partial charge in [0.05, 0.1) is 41.8 Å². The SMILES string of the molecule is CC(C)[NH+](CCn1c(SCC(=O)NC(C)(C)C)nc2ccccc2c1=O)C(C)C. The van der Waals surface area contributed by atoms with Crippen LogP contribution < -0.4 is 15.8 Å². The molecule has 2 rings (SSSR count). The quantitative estimate of drug-likeness (QED) is 0.508. The lowest BCUT2D eigenvalue weighted by atomic mass is 10.1. The fraction of sp³-hybridized carbons (Fsp3) is 0.591. The van der Waals surface area contributed by atoms with Crippen LogP contribution in [-0.2, 0) is 11.3 Å². The molecule has 0 fully saturated rings. The first-order valence-corrected chi connectivity index (χ1v) is 11.3. The molecule has 1 amide bonds. The Morgan fingerprint density at radius 1 is 1.17 bits per heavy atom. The van der Waals surface area contributed by atoms with E-state index in [1.165, 1.54) is 16.7 Å². The Bertz CT molecular complexity index is 892. The van der Waals surface area contributed by atoms with Crippen LogP contribution in [-0.4, -0.2) is 45.4 Å². The second kappa shape index (κ2) is 9.76.